The molecule has 0 unspecified atom stereocenters. The Morgan fingerprint density at radius 1 is 1.17 bits per heavy atom. The van der Waals surface area contributed by atoms with E-state index in [2.05, 4.69) is 5.10 Å². The van der Waals surface area contributed by atoms with Crippen LogP contribution in [-0.2, 0) is 0 Å². The van der Waals surface area contributed by atoms with Crippen LogP contribution in [0.25, 0.3) is 16.9 Å². The molecule has 0 aliphatic heterocycles. The number of nitrogens with zero attached hydrogens (tertiary/aromatic N) is 3. The van der Waals surface area contributed by atoms with Gasteiger partial charge in [-0.1, -0.05) is 23.7 Å². The Labute approximate surface area is 140 Å². The molecule has 0 fully saturated rings. The van der Waals surface area contributed by atoms with E-state index in [4.69, 9.17) is 11.6 Å². The molecule has 0 aliphatic rings. The number of benzene rings is 2. The lowest BCUT2D eigenvalue weighted by atomic mass is 10.1. The van der Waals surface area contributed by atoms with Crippen LogP contribution in [0.3, 0.4) is 0 Å². The van der Waals surface area contributed by atoms with Gasteiger partial charge in [0.15, 0.2) is 6.29 Å². The van der Waals surface area contributed by atoms with Crippen LogP contribution >= 0.6 is 11.6 Å². The van der Waals surface area contributed by atoms with Crippen LogP contribution < -0.4 is 0 Å². The van der Waals surface area contributed by atoms with Gasteiger partial charge in [-0.15, -0.1) is 0 Å². The molecular formula is C16H9ClFN3O3. The van der Waals surface area contributed by atoms with E-state index in [1.165, 1.54) is 47.1 Å². The van der Waals surface area contributed by atoms with Gasteiger partial charge in [0.1, 0.15) is 16.7 Å². The highest BCUT2D eigenvalue weighted by Crippen LogP contribution is 2.31. The number of halogens is 2. The highest BCUT2D eigenvalue weighted by atomic mass is 35.5. The van der Waals surface area contributed by atoms with E-state index in [0.717, 1.165) is 0 Å². The summed E-state index contributed by atoms with van der Waals surface area (Å²) in [5.41, 5.74) is 0.608. The van der Waals surface area contributed by atoms with E-state index in [-0.39, 0.29) is 27.7 Å². The zero-order chi connectivity index (χ0) is 17.3. The molecular weight excluding hydrogens is 337 g/mol. The van der Waals surface area contributed by atoms with Crippen molar-refractivity contribution in [3.8, 4) is 16.9 Å². The molecule has 0 N–H and O–H groups in total. The van der Waals surface area contributed by atoms with E-state index in [1.807, 2.05) is 0 Å². The number of rotatable bonds is 4. The maximum absolute atomic E-state index is 14.0. The highest BCUT2D eigenvalue weighted by molar-refractivity contribution is 6.32. The molecule has 0 radical (unpaired) electrons. The van der Waals surface area contributed by atoms with Gasteiger partial charge in [0.05, 0.1) is 16.2 Å². The van der Waals surface area contributed by atoms with Gasteiger partial charge >= 0.3 is 0 Å². The minimum absolute atomic E-state index is 0.00268. The van der Waals surface area contributed by atoms with Crippen molar-refractivity contribution in [1.82, 2.24) is 9.78 Å². The fourth-order valence-corrected chi connectivity index (χ4v) is 2.52. The molecule has 0 atom stereocenters. The maximum atomic E-state index is 14.0. The standard InChI is InChI=1S/C16H9ClFN3O3/c17-16-13(9-22)15(12-3-1-2-4-14(12)18)19-20(16)10-5-7-11(8-6-10)21(23)24/h1-9H. The lowest BCUT2D eigenvalue weighted by Crippen LogP contribution is -1.97. The van der Waals surface area contributed by atoms with Crippen LogP contribution in [0.15, 0.2) is 48.5 Å². The molecule has 3 aromatic rings. The van der Waals surface area contributed by atoms with Crippen molar-refractivity contribution in [3.05, 3.63) is 75.2 Å². The van der Waals surface area contributed by atoms with Gasteiger partial charge in [-0.2, -0.15) is 5.10 Å². The molecule has 0 spiro atoms. The third-order valence-corrected chi connectivity index (χ3v) is 3.78. The first-order valence-corrected chi connectivity index (χ1v) is 7.14. The van der Waals surface area contributed by atoms with Crippen LogP contribution in [0.1, 0.15) is 10.4 Å². The summed E-state index contributed by atoms with van der Waals surface area (Å²) >= 11 is 6.18. The van der Waals surface area contributed by atoms with Crippen LogP contribution in [-0.4, -0.2) is 21.0 Å². The van der Waals surface area contributed by atoms with Crippen molar-refractivity contribution >= 4 is 23.6 Å². The summed E-state index contributed by atoms with van der Waals surface area (Å²) in [5, 5.41) is 14.9. The Morgan fingerprint density at radius 2 is 1.83 bits per heavy atom. The van der Waals surface area contributed by atoms with E-state index in [1.54, 1.807) is 6.07 Å². The number of aromatic nitrogens is 2. The second kappa shape index (κ2) is 6.21. The third-order valence-electron chi connectivity index (χ3n) is 3.42. The monoisotopic (exact) mass is 345 g/mol. The van der Waals surface area contributed by atoms with Gasteiger partial charge in [-0.25, -0.2) is 9.07 Å². The first-order valence-electron chi connectivity index (χ1n) is 6.76. The number of aldehydes is 1. The average molecular weight is 346 g/mol. The molecule has 8 heteroatoms. The van der Waals surface area contributed by atoms with Gasteiger partial charge < -0.3 is 0 Å². The molecule has 6 nitrogen and oxygen atoms in total. The fraction of sp³-hybridized carbons (Fsp3) is 0. The van der Waals surface area contributed by atoms with Gasteiger partial charge in [-0.3, -0.25) is 14.9 Å². The van der Waals surface area contributed by atoms with Gasteiger partial charge in [0.2, 0.25) is 0 Å². The highest BCUT2D eigenvalue weighted by Gasteiger charge is 2.20. The molecule has 0 aliphatic carbocycles. The number of non-ortho nitro benzene ring substituents is 1. The largest absolute Gasteiger partial charge is 0.298 e. The minimum atomic E-state index is -0.536. The quantitative estimate of drug-likeness (QED) is 0.406. The molecule has 1 aromatic heterocycles. The third kappa shape index (κ3) is 2.65. The molecule has 0 bridgehead atoms. The molecule has 2 aromatic carbocycles. The second-order valence-corrected chi connectivity index (χ2v) is 5.19. The molecule has 0 amide bonds. The smallest absolute Gasteiger partial charge is 0.269 e. The van der Waals surface area contributed by atoms with E-state index in [0.29, 0.717) is 12.0 Å². The van der Waals surface area contributed by atoms with Crippen LogP contribution in [0.5, 0.6) is 0 Å². The predicted octanol–water partition coefficient (Wildman–Crippen LogP) is 4.05. The first-order chi connectivity index (χ1) is 11.5. The summed E-state index contributed by atoms with van der Waals surface area (Å²) in [4.78, 5) is 21.6. The minimum Gasteiger partial charge on any atom is -0.298 e. The van der Waals surface area contributed by atoms with Crippen molar-refractivity contribution in [2.75, 3.05) is 0 Å². The van der Waals surface area contributed by atoms with E-state index >= 15 is 0 Å². The topological polar surface area (TPSA) is 78.0 Å². The molecule has 3 rings (SSSR count). The van der Waals surface area contributed by atoms with Crippen molar-refractivity contribution in [2.24, 2.45) is 0 Å². The van der Waals surface area contributed by atoms with E-state index in [9.17, 15) is 19.3 Å². The summed E-state index contributed by atoms with van der Waals surface area (Å²) in [5.74, 6) is -0.536. The molecule has 0 saturated heterocycles. The summed E-state index contributed by atoms with van der Waals surface area (Å²) in [6.07, 6.45) is 0.499. The average Bonchev–Trinajstić information content (AvgIpc) is 2.91. The number of carbonyl (C=O) groups is 1. The second-order valence-electron chi connectivity index (χ2n) is 4.84. The zero-order valence-electron chi connectivity index (χ0n) is 12.0. The lowest BCUT2D eigenvalue weighted by molar-refractivity contribution is -0.384. The van der Waals surface area contributed by atoms with Crippen molar-refractivity contribution in [3.63, 3.8) is 0 Å². The van der Waals surface area contributed by atoms with Crippen molar-refractivity contribution < 1.29 is 14.1 Å². The van der Waals surface area contributed by atoms with Crippen LogP contribution in [0, 0.1) is 15.9 Å². The number of nitro benzene ring substituents is 1. The number of hydrogen-bond donors (Lipinski definition) is 0. The number of nitro groups is 1. The normalized spacial score (nSPS) is 10.6. The van der Waals surface area contributed by atoms with Crippen LogP contribution in [0.2, 0.25) is 5.15 Å². The Balaban J connectivity index is 2.15. The molecule has 0 saturated carbocycles. The SMILES string of the molecule is O=Cc1c(-c2ccccc2F)nn(-c2ccc([N+](=O)[O-])cc2)c1Cl. The summed E-state index contributed by atoms with van der Waals surface area (Å²) in [6.45, 7) is 0. The first kappa shape index (κ1) is 15.8. The number of hydrogen-bond acceptors (Lipinski definition) is 4. The summed E-state index contributed by atoms with van der Waals surface area (Å²) < 4.78 is 15.2. The Hall–Kier alpha value is -3.06. The van der Waals surface area contributed by atoms with Crippen molar-refractivity contribution in [1.29, 1.82) is 0 Å². The molecule has 24 heavy (non-hydrogen) atoms. The predicted molar refractivity (Wildman–Crippen MR) is 86.0 cm³/mol. The van der Waals surface area contributed by atoms with E-state index < -0.39 is 10.7 Å². The van der Waals surface area contributed by atoms with Crippen molar-refractivity contribution in [2.45, 2.75) is 0 Å². The van der Waals surface area contributed by atoms with Gasteiger partial charge in [-0.05, 0) is 24.3 Å². The van der Waals surface area contributed by atoms with Gasteiger partial charge in [0.25, 0.3) is 5.69 Å². The summed E-state index contributed by atoms with van der Waals surface area (Å²) in [6, 6.07) is 11.3. The Kier molecular flexibility index (Phi) is 4.09. The van der Waals surface area contributed by atoms with Crippen LogP contribution in [0.4, 0.5) is 10.1 Å². The Bertz CT molecular complexity index is 938. The molecule has 1 heterocycles. The summed E-state index contributed by atoms with van der Waals surface area (Å²) in [7, 11) is 0. The Morgan fingerprint density at radius 3 is 2.42 bits per heavy atom. The maximum Gasteiger partial charge on any atom is 0.269 e. The molecule has 120 valence electrons. The number of carbonyl (C=O) groups excluding carboxylic acids is 1. The zero-order valence-corrected chi connectivity index (χ0v) is 12.8. The van der Waals surface area contributed by atoms with Gasteiger partial charge in [0, 0.05) is 17.7 Å². The fourth-order valence-electron chi connectivity index (χ4n) is 2.25. The lowest BCUT2D eigenvalue weighted by Gasteiger charge is -2.02.